The van der Waals surface area contributed by atoms with Crippen LogP contribution < -0.4 is 10.6 Å². The Morgan fingerprint density at radius 2 is 2.33 bits per heavy atom. The van der Waals surface area contributed by atoms with E-state index in [0.717, 1.165) is 16.7 Å². The van der Waals surface area contributed by atoms with E-state index in [4.69, 9.17) is 0 Å². The molecule has 1 amide bonds. The van der Waals surface area contributed by atoms with Crippen molar-refractivity contribution >= 4 is 38.9 Å². The lowest BCUT2D eigenvalue weighted by Gasteiger charge is -2.06. The molecule has 0 aliphatic rings. The Balaban J connectivity index is 2.03. The lowest BCUT2D eigenvalue weighted by Crippen LogP contribution is -2.19. The highest BCUT2D eigenvalue weighted by atomic mass is 79.9. The molecule has 0 saturated heterocycles. The summed E-state index contributed by atoms with van der Waals surface area (Å²) in [4.78, 5) is 16.7. The van der Waals surface area contributed by atoms with Crippen LogP contribution in [0.5, 0.6) is 0 Å². The minimum Gasteiger partial charge on any atom is -0.380 e. The zero-order chi connectivity index (χ0) is 13.0. The highest BCUT2D eigenvalue weighted by molar-refractivity contribution is 9.10. The topological polar surface area (TPSA) is 54.0 Å². The van der Waals surface area contributed by atoms with Crippen molar-refractivity contribution in [1.29, 1.82) is 0 Å². The smallest absolute Gasteiger partial charge is 0.269 e. The number of nitrogens with zero attached hydrogens (tertiary/aromatic N) is 1. The molecule has 0 aliphatic heterocycles. The first kappa shape index (κ1) is 13.0. The number of pyridine rings is 1. The second-order valence-corrected chi connectivity index (χ2v) is 5.51. The zero-order valence-corrected chi connectivity index (χ0v) is 12.1. The van der Waals surface area contributed by atoms with Crippen LogP contribution in [-0.2, 0) is 6.54 Å². The van der Waals surface area contributed by atoms with Crippen LogP contribution in [0.1, 0.15) is 15.4 Å². The highest BCUT2D eigenvalue weighted by Crippen LogP contribution is 2.20. The molecule has 6 heteroatoms. The summed E-state index contributed by atoms with van der Waals surface area (Å²) in [6.45, 7) is 0.730. The van der Waals surface area contributed by atoms with Gasteiger partial charge in [0.15, 0.2) is 0 Å². The van der Waals surface area contributed by atoms with Crippen molar-refractivity contribution in [3.8, 4) is 0 Å². The van der Waals surface area contributed by atoms with Crippen LogP contribution in [0.25, 0.3) is 0 Å². The number of halogens is 1. The minimum atomic E-state index is -0.183. The molecule has 4 nitrogen and oxygen atoms in total. The van der Waals surface area contributed by atoms with Gasteiger partial charge in [0.05, 0.1) is 0 Å². The van der Waals surface area contributed by atoms with Gasteiger partial charge >= 0.3 is 0 Å². The minimum absolute atomic E-state index is 0.183. The molecule has 0 bridgehead atoms. The van der Waals surface area contributed by atoms with Crippen molar-refractivity contribution in [1.82, 2.24) is 10.3 Å². The third-order valence-corrected chi connectivity index (χ3v) is 4.01. The molecule has 2 aromatic heterocycles. The lowest BCUT2D eigenvalue weighted by molar-refractivity contribution is 0.0958. The van der Waals surface area contributed by atoms with Crippen LogP contribution in [-0.4, -0.2) is 17.9 Å². The Labute approximate surface area is 118 Å². The maximum absolute atomic E-state index is 11.4. The molecular formula is C12H12BrN3OS. The molecule has 2 heterocycles. The molecule has 2 aromatic rings. The number of hydrogen-bond acceptors (Lipinski definition) is 4. The number of carbonyl (C=O) groups is 1. The van der Waals surface area contributed by atoms with Gasteiger partial charge in [-0.2, -0.15) is 0 Å². The number of aromatic nitrogens is 1. The number of hydrogen-bond donors (Lipinski definition) is 2. The monoisotopic (exact) mass is 325 g/mol. The zero-order valence-electron chi connectivity index (χ0n) is 9.74. The number of amides is 1. The third-order valence-electron chi connectivity index (χ3n) is 2.31. The van der Waals surface area contributed by atoms with Crippen molar-refractivity contribution < 1.29 is 4.79 Å². The van der Waals surface area contributed by atoms with Gasteiger partial charge in [0.2, 0.25) is 0 Å². The SMILES string of the molecule is CNC(=O)c1cc(NCc2cc(Br)cs2)ccn1. The van der Waals surface area contributed by atoms with Gasteiger partial charge in [-0.15, -0.1) is 11.3 Å². The molecule has 0 unspecified atom stereocenters. The molecule has 0 aliphatic carbocycles. The van der Waals surface area contributed by atoms with Crippen molar-refractivity contribution in [3.63, 3.8) is 0 Å². The van der Waals surface area contributed by atoms with Crippen molar-refractivity contribution in [2.24, 2.45) is 0 Å². The van der Waals surface area contributed by atoms with E-state index < -0.39 is 0 Å². The molecule has 94 valence electrons. The summed E-state index contributed by atoms with van der Waals surface area (Å²) in [5, 5.41) is 7.86. The number of anilines is 1. The van der Waals surface area contributed by atoms with Gasteiger partial charge in [-0.1, -0.05) is 0 Å². The second kappa shape index (κ2) is 5.97. The number of nitrogens with one attached hydrogen (secondary N) is 2. The molecule has 18 heavy (non-hydrogen) atoms. The summed E-state index contributed by atoms with van der Waals surface area (Å²) in [7, 11) is 1.59. The van der Waals surface area contributed by atoms with E-state index in [9.17, 15) is 4.79 Å². The Bertz CT molecular complexity index is 556. The summed E-state index contributed by atoms with van der Waals surface area (Å²) in [5.74, 6) is -0.183. The van der Waals surface area contributed by atoms with Crippen molar-refractivity contribution in [2.75, 3.05) is 12.4 Å². The van der Waals surface area contributed by atoms with E-state index in [1.807, 2.05) is 11.4 Å². The van der Waals surface area contributed by atoms with Crippen molar-refractivity contribution in [3.05, 3.63) is 44.8 Å². The number of rotatable bonds is 4. The van der Waals surface area contributed by atoms with Crippen LogP contribution in [0.2, 0.25) is 0 Å². The van der Waals surface area contributed by atoms with Crippen molar-refractivity contribution in [2.45, 2.75) is 6.54 Å². The van der Waals surface area contributed by atoms with Gasteiger partial charge in [-0.3, -0.25) is 9.78 Å². The molecule has 0 aromatic carbocycles. The second-order valence-electron chi connectivity index (χ2n) is 3.59. The Kier molecular flexibility index (Phi) is 4.33. The standard InChI is InChI=1S/C12H12BrN3OS/c1-14-12(17)11-5-9(2-3-15-11)16-6-10-4-8(13)7-18-10/h2-5,7H,6H2,1H3,(H,14,17)(H,15,16). The first-order valence-corrected chi connectivity index (χ1v) is 7.01. The molecular weight excluding hydrogens is 314 g/mol. The van der Waals surface area contributed by atoms with Gasteiger partial charge in [0.25, 0.3) is 5.91 Å². The summed E-state index contributed by atoms with van der Waals surface area (Å²) in [6.07, 6.45) is 1.62. The summed E-state index contributed by atoms with van der Waals surface area (Å²) in [5.41, 5.74) is 1.29. The van der Waals surface area contributed by atoms with Gasteiger partial charge in [0, 0.05) is 40.2 Å². The normalized spacial score (nSPS) is 10.1. The fraction of sp³-hybridized carbons (Fsp3) is 0.167. The highest BCUT2D eigenvalue weighted by Gasteiger charge is 2.05. The lowest BCUT2D eigenvalue weighted by atomic mass is 10.3. The molecule has 2 N–H and O–H groups in total. The van der Waals surface area contributed by atoms with Gasteiger partial charge < -0.3 is 10.6 Å². The summed E-state index contributed by atoms with van der Waals surface area (Å²) in [6, 6.07) is 5.65. The van der Waals surface area contributed by atoms with Gasteiger partial charge in [-0.05, 0) is 34.1 Å². The predicted octanol–water partition coefficient (Wildman–Crippen LogP) is 2.88. The fourth-order valence-corrected chi connectivity index (χ4v) is 2.82. The third kappa shape index (κ3) is 3.30. The average molecular weight is 326 g/mol. The Morgan fingerprint density at radius 3 is 3.00 bits per heavy atom. The summed E-state index contributed by atoms with van der Waals surface area (Å²) < 4.78 is 1.09. The molecule has 0 fully saturated rings. The van der Waals surface area contributed by atoms with Crippen LogP contribution in [0.15, 0.2) is 34.2 Å². The maximum Gasteiger partial charge on any atom is 0.269 e. The molecule has 0 radical (unpaired) electrons. The van der Waals surface area contributed by atoms with E-state index in [1.54, 1.807) is 30.6 Å². The first-order chi connectivity index (χ1) is 8.69. The van der Waals surface area contributed by atoms with Crippen LogP contribution in [0, 0.1) is 0 Å². The number of carbonyl (C=O) groups excluding carboxylic acids is 1. The molecule has 0 atom stereocenters. The number of thiophene rings is 1. The van der Waals surface area contributed by atoms with E-state index in [0.29, 0.717) is 5.69 Å². The molecule has 0 saturated carbocycles. The largest absolute Gasteiger partial charge is 0.380 e. The van der Waals surface area contributed by atoms with Gasteiger partial charge in [0.1, 0.15) is 5.69 Å². The fourth-order valence-electron chi connectivity index (χ4n) is 1.43. The first-order valence-electron chi connectivity index (χ1n) is 5.34. The quantitative estimate of drug-likeness (QED) is 0.908. The van der Waals surface area contributed by atoms with Crippen LogP contribution >= 0.6 is 27.3 Å². The van der Waals surface area contributed by atoms with E-state index >= 15 is 0 Å². The van der Waals surface area contributed by atoms with Crippen LogP contribution in [0.4, 0.5) is 5.69 Å². The molecule has 2 rings (SSSR count). The van der Waals surface area contributed by atoms with E-state index in [2.05, 4.69) is 37.6 Å². The van der Waals surface area contributed by atoms with Crippen LogP contribution in [0.3, 0.4) is 0 Å². The van der Waals surface area contributed by atoms with Gasteiger partial charge in [-0.25, -0.2) is 0 Å². The average Bonchev–Trinajstić information content (AvgIpc) is 2.81. The summed E-state index contributed by atoms with van der Waals surface area (Å²) >= 11 is 5.10. The maximum atomic E-state index is 11.4. The van der Waals surface area contributed by atoms with E-state index in [1.165, 1.54) is 4.88 Å². The predicted molar refractivity (Wildman–Crippen MR) is 77.0 cm³/mol. The Morgan fingerprint density at radius 1 is 1.50 bits per heavy atom. The molecule has 0 spiro atoms. The Hall–Kier alpha value is -1.40. The van der Waals surface area contributed by atoms with E-state index in [-0.39, 0.29) is 5.91 Å².